The Morgan fingerprint density at radius 2 is 1.51 bits per heavy atom. The molecular weight excluding hydrogens is 680 g/mol. The molecule has 2 heterocycles. The van der Waals surface area contributed by atoms with Crippen LogP contribution in [0.4, 0.5) is 0 Å². The number of rotatable bonds is 19. The smallest absolute Gasteiger partial charge is 0.332 e. The zero-order valence-corrected chi connectivity index (χ0v) is 31.6. The molecule has 2 aromatic rings. The van der Waals surface area contributed by atoms with Crippen LogP contribution in [0.5, 0.6) is 0 Å². The number of carbonyl (C=O) groups is 4. The number of β-amino-alcohol motifs (C(OH)–C–C–N with tert-alkyl or cyclic N) is 1. The zero-order valence-electron chi connectivity index (χ0n) is 30.8. The van der Waals surface area contributed by atoms with E-state index in [4.69, 9.17) is 23.7 Å². The Balaban J connectivity index is 1.37. The molecule has 3 amide bonds. The SMILES string of the molecule is Cc1ncsc1-c1ccc(CNC(=O)[C@@H]2C[C@@H](O)CN2C(=O)C(NC(=O)COCCOCCOCCOCC(=O)OC(C)(C)C)C(C)(C)C)cc1. The fraction of sp³-hybridized carbons (Fsp3) is 0.639. The van der Waals surface area contributed by atoms with Crippen LogP contribution in [-0.4, -0.2) is 122 Å². The first-order valence-corrected chi connectivity index (χ1v) is 18.0. The lowest BCUT2D eigenvalue weighted by molar-refractivity contribution is -0.160. The number of carbonyl (C=O) groups excluding carboxylic acids is 4. The molecule has 0 radical (unpaired) electrons. The number of aliphatic hydroxyl groups is 1. The molecule has 0 bridgehead atoms. The number of amides is 3. The summed E-state index contributed by atoms with van der Waals surface area (Å²) in [5, 5.41) is 16.1. The van der Waals surface area contributed by atoms with Gasteiger partial charge in [0.15, 0.2) is 0 Å². The van der Waals surface area contributed by atoms with Gasteiger partial charge in [-0.1, -0.05) is 45.0 Å². The van der Waals surface area contributed by atoms with Crippen LogP contribution in [0.2, 0.25) is 0 Å². The molecule has 1 aliphatic heterocycles. The van der Waals surface area contributed by atoms with Crippen molar-refractivity contribution in [3.63, 3.8) is 0 Å². The van der Waals surface area contributed by atoms with Crippen LogP contribution in [0.15, 0.2) is 29.8 Å². The predicted molar refractivity (Wildman–Crippen MR) is 191 cm³/mol. The van der Waals surface area contributed by atoms with E-state index in [1.165, 1.54) is 4.90 Å². The first kappa shape index (κ1) is 41.9. The lowest BCUT2D eigenvalue weighted by atomic mass is 9.85. The van der Waals surface area contributed by atoms with Gasteiger partial charge < -0.3 is 44.3 Å². The molecular formula is C36H54N4O10S. The predicted octanol–water partition coefficient (Wildman–Crippen LogP) is 2.64. The van der Waals surface area contributed by atoms with E-state index in [1.807, 2.05) is 57.5 Å². The van der Waals surface area contributed by atoms with Crippen LogP contribution in [0.3, 0.4) is 0 Å². The van der Waals surface area contributed by atoms with Gasteiger partial charge in [0.05, 0.1) is 61.8 Å². The van der Waals surface area contributed by atoms with E-state index in [9.17, 15) is 24.3 Å². The number of thiazole rings is 1. The maximum Gasteiger partial charge on any atom is 0.332 e. The summed E-state index contributed by atoms with van der Waals surface area (Å²) in [6.45, 7) is 14.1. The third kappa shape index (κ3) is 14.6. The van der Waals surface area contributed by atoms with Gasteiger partial charge in [-0.15, -0.1) is 11.3 Å². The summed E-state index contributed by atoms with van der Waals surface area (Å²) in [6, 6.07) is 6.00. The number of hydrogen-bond donors (Lipinski definition) is 3. The number of aliphatic hydroxyl groups excluding tert-OH is 1. The van der Waals surface area contributed by atoms with E-state index < -0.39 is 47.0 Å². The number of hydrogen-bond acceptors (Lipinski definition) is 12. The van der Waals surface area contributed by atoms with Gasteiger partial charge in [-0.05, 0) is 44.2 Å². The van der Waals surface area contributed by atoms with Gasteiger partial charge in [0.2, 0.25) is 17.7 Å². The third-order valence-electron chi connectivity index (χ3n) is 7.70. The molecule has 1 aromatic carbocycles. The molecule has 15 heteroatoms. The van der Waals surface area contributed by atoms with Crippen molar-refractivity contribution in [3.8, 4) is 10.4 Å². The molecule has 1 unspecified atom stereocenters. The number of aryl methyl sites for hydroxylation is 1. The van der Waals surface area contributed by atoms with Gasteiger partial charge in [0, 0.05) is 19.5 Å². The molecule has 1 aliphatic rings. The summed E-state index contributed by atoms with van der Waals surface area (Å²) in [5.74, 6) is -1.75. The Morgan fingerprint density at radius 1 is 0.922 bits per heavy atom. The van der Waals surface area contributed by atoms with Crippen molar-refractivity contribution in [3.05, 3.63) is 41.0 Å². The number of benzene rings is 1. The fourth-order valence-electron chi connectivity index (χ4n) is 5.23. The Kier molecular flexibility index (Phi) is 16.4. The molecule has 1 aromatic heterocycles. The average molecular weight is 735 g/mol. The van der Waals surface area contributed by atoms with Crippen LogP contribution in [0.1, 0.15) is 59.2 Å². The minimum atomic E-state index is -0.960. The van der Waals surface area contributed by atoms with Crippen molar-refractivity contribution < 1.29 is 48.0 Å². The second-order valence-electron chi connectivity index (χ2n) is 14.4. The van der Waals surface area contributed by atoms with Crippen LogP contribution >= 0.6 is 11.3 Å². The minimum absolute atomic E-state index is 0.0150. The molecule has 0 aliphatic carbocycles. The summed E-state index contributed by atoms with van der Waals surface area (Å²) in [4.78, 5) is 58.2. The summed E-state index contributed by atoms with van der Waals surface area (Å²) in [7, 11) is 0. The molecule has 3 rings (SSSR count). The highest BCUT2D eigenvalue weighted by Crippen LogP contribution is 2.28. The summed E-state index contributed by atoms with van der Waals surface area (Å²) in [6.07, 6.45) is -0.767. The minimum Gasteiger partial charge on any atom is -0.458 e. The maximum absolute atomic E-state index is 13.8. The first-order valence-electron chi connectivity index (χ1n) is 17.1. The largest absolute Gasteiger partial charge is 0.458 e. The highest BCUT2D eigenvalue weighted by atomic mass is 32.1. The van der Waals surface area contributed by atoms with Gasteiger partial charge in [0.25, 0.3) is 0 Å². The Hall–Kier alpha value is -3.47. The zero-order chi connectivity index (χ0) is 37.6. The number of nitrogens with zero attached hydrogens (tertiary/aromatic N) is 2. The molecule has 51 heavy (non-hydrogen) atoms. The van der Waals surface area contributed by atoms with E-state index >= 15 is 0 Å². The maximum atomic E-state index is 13.8. The van der Waals surface area contributed by atoms with Crippen molar-refractivity contribution in [1.29, 1.82) is 0 Å². The fourth-order valence-corrected chi connectivity index (χ4v) is 6.04. The highest BCUT2D eigenvalue weighted by Gasteiger charge is 2.44. The second kappa shape index (κ2) is 20.0. The van der Waals surface area contributed by atoms with Crippen LogP contribution in [-0.2, 0) is 49.4 Å². The molecule has 3 N–H and O–H groups in total. The van der Waals surface area contributed by atoms with E-state index in [-0.39, 0.29) is 58.5 Å². The van der Waals surface area contributed by atoms with Crippen molar-refractivity contribution in [2.75, 3.05) is 59.4 Å². The molecule has 0 spiro atoms. The second-order valence-corrected chi connectivity index (χ2v) is 15.2. The number of esters is 1. The highest BCUT2D eigenvalue weighted by molar-refractivity contribution is 7.13. The van der Waals surface area contributed by atoms with Crippen LogP contribution in [0, 0.1) is 12.3 Å². The topological polar surface area (TPSA) is 175 Å². The number of aromatic nitrogens is 1. The van der Waals surface area contributed by atoms with E-state index in [2.05, 4.69) is 15.6 Å². The van der Waals surface area contributed by atoms with Gasteiger partial charge in [-0.25, -0.2) is 9.78 Å². The Morgan fingerprint density at radius 3 is 2.06 bits per heavy atom. The molecule has 1 saturated heterocycles. The van der Waals surface area contributed by atoms with E-state index in [0.29, 0.717) is 19.8 Å². The lowest BCUT2D eigenvalue weighted by Crippen LogP contribution is -2.58. The van der Waals surface area contributed by atoms with Crippen LogP contribution < -0.4 is 10.6 Å². The molecule has 14 nitrogen and oxygen atoms in total. The standard InChI is InChI=1S/C36H54N4O10S/c1-24-31(51-23-38-24)26-10-8-25(9-11-26)19-37-33(44)28-18-27(41)20-40(28)34(45)32(35(2,3)4)39-29(42)21-48-16-14-46-12-13-47-15-17-49-22-30(43)50-36(5,6)7/h8-11,23,27-28,32,41H,12-22H2,1-7H3,(H,37,44)(H,39,42)/t27-,28+,32?/m1/s1. The lowest BCUT2D eigenvalue weighted by Gasteiger charge is -2.35. The monoisotopic (exact) mass is 734 g/mol. The normalized spacial score (nSPS) is 16.9. The van der Waals surface area contributed by atoms with Crippen molar-refractivity contribution in [2.24, 2.45) is 5.41 Å². The van der Waals surface area contributed by atoms with Gasteiger partial charge >= 0.3 is 5.97 Å². The first-order chi connectivity index (χ1) is 24.0. The third-order valence-corrected chi connectivity index (χ3v) is 8.68. The van der Waals surface area contributed by atoms with Crippen molar-refractivity contribution >= 4 is 35.0 Å². The number of likely N-dealkylation sites (tertiary alicyclic amines) is 1. The quantitative estimate of drug-likeness (QED) is 0.143. The van der Waals surface area contributed by atoms with Crippen LogP contribution in [0.25, 0.3) is 10.4 Å². The van der Waals surface area contributed by atoms with E-state index in [1.54, 1.807) is 32.1 Å². The summed E-state index contributed by atoms with van der Waals surface area (Å²) in [5.41, 5.74) is 3.46. The summed E-state index contributed by atoms with van der Waals surface area (Å²) >= 11 is 1.57. The average Bonchev–Trinajstić information content (AvgIpc) is 3.66. The van der Waals surface area contributed by atoms with Gasteiger partial charge in [0.1, 0.15) is 30.9 Å². The Labute approximate surface area is 304 Å². The van der Waals surface area contributed by atoms with Crippen molar-refractivity contribution in [2.45, 2.75) is 85.2 Å². The molecule has 0 saturated carbocycles. The van der Waals surface area contributed by atoms with Gasteiger partial charge in [-0.2, -0.15) is 0 Å². The number of nitrogens with one attached hydrogen (secondary N) is 2. The summed E-state index contributed by atoms with van der Waals surface area (Å²) < 4.78 is 26.7. The van der Waals surface area contributed by atoms with E-state index in [0.717, 1.165) is 21.7 Å². The van der Waals surface area contributed by atoms with Crippen molar-refractivity contribution in [1.82, 2.24) is 20.5 Å². The molecule has 284 valence electrons. The molecule has 3 atom stereocenters. The Bertz CT molecular complexity index is 1420. The number of ether oxygens (including phenoxy) is 5. The van der Waals surface area contributed by atoms with Gasteiger partial charge in [-0.3, -0.25) is 14.4 Å². The molecule has 1 fully saturated rings.